The Morgan fingerprint density at radius 2 is 2.22 bits per heavy atom. The molecule has 0 bridgehead atoms. The van der Waals surface area contributed by atoms with Crippen LogP contribution in [0.25, 0.3) is 0 Å². The molecule has 0 aromatic carbocycles. The topological polar surface area (TPSA) is 77.2 Å². The zero-order chi connectivity index (χ0) is 16.5. The van der Waals surface area contributed by atoms with Crippen LogP contribution < -0.4 is 5.32 Å². The molecule has 1 saturated heterocycles. The number of nitrogens with one attached hydrogen (secondary N) is 1. The largest absolute Gasteiger partial charge is 0.338 e. The third kappa shape index (κ3) is 5.57. The second kappa shape index (κ2) is 9.16. The van der Waals surface area contributed by atoms with Crippen LogP contribution >= 0.6 is 0 Å². The van der Waals surface area contributed by atoms with Crippen molar-refractivity contribution in [1.29, 1.82) is 5.26 Å². The van der Waals surface area contributed by atoms with E-state index in [0.29, 0.717) is 25.4 Å². The van der Waals surface area contributed by atoms with Crippen molar-refractivity contribution in [2.75, 3.05) is 33.2 Å². The maximum Gasteiger partial charge on any atom is 0.317 e. The van der Waals surface area contributed by atoms with Gasteiger partial charge in [-0.2, -0.15) is 10.4 Å². The molecule has 23 heavy (non-hydrogen) atoms. The monoisotopic (exact) mass is 318 g/mol. The minimum Gasteiger partial charge on any atom is -0.338 e. The lowest BCUT2D eigenvalue weighted by molar-refractivity contribution is 0.132. The van der Waals surface area contributed by atoms with E-state index < -0.39 is 0 Å². The minimum atomic E-state index is -0.0297. The molecular formula is C16H26N6O. The maximum absolute atomic E-state index is 12.1. The van der Waals surface area contributed by atoms with Crippen molar-refractivity contribution in [3.8, 4) is 6.07 Å². The number of nitrogens with zero attached hydrogens (tertiary/aromatic N) is 5. The summed E-state index contributed by atoms with van der Waals surface area (Å²) in [5.74, 6) is 0. The summed E-state index contributed by atoms with van der Waals surface area (Å²) < 4.78 is 1.95. The summed E-state index contributed by atoms with van der Waals surface area (Å²) in [6, 6.07) is 4.29. The van der Waals surface area contributed by atoms with Crippen molar-refractivity contribution in [3.05, 3.63) is 18.5 Å². The number of hydrogen-bond acceptors (Lipinski definition) is 4. The zero-order valence-corrected chi connectivity index (χ0v) is 13.8. The van der Waals surface area contributed by atoms with Gasteiger partial charge in [-0.15, -0.1) is 0 Å². The number of carbonyl (C=O) groups is 1. The second-order valence-electron chi connectivity index (χ2n) is 5.95. The predicted octanol–water partition coefficient (Wildman–Crippen LogP) is 1.29. The fourth-order valence-corrected chi connectivity index (χ4v) is 2.86. The Hall–Kier alpha value is -2.07. The number of piperidine rings is 1. The lowest BCUT2D eigenvalue weighted by Crippen LogP contribution is -2.49. The van der Waals surface area contributed by atoms with Crippen molar-refractivity contribution in [3.63, 3.8) is 0 Å². The van der Waals surface area contributed by atoms with E-state index in [2.05, 4.69) is 21.4 Å². The summed E-state index contributed by atoms with van der Waals surface area (Å²) >= 11 is 0. The highest BCUT2D eigenvalue weighted by molar-refractivity contribution is 5.74. The van der Waals surface area contributed by atoms with Gasteiger partial charge in [0.2, 0.25) is 0 Å². The number of carbonyl (C=O) groups excluding carboxylic acids is 1. The molecule has 0 radical (unpaired) electrons. The fraction of sp³-hybridized carbons (Fsp3) is 0.688. The molecule has 1 aromatic heterocycles. The van der Waals surface area contributed by atoms with Gasteiger partial charge in [-0.3, -0.25) is 4.68 Å². The lowest BCUT2D eigenvalue weighted by Gasteiger charge is -2.36. The van der Waals surface area contributed by atoms with E-state index in [9.17, 15) is 4.79 Å². The van der Waals surface area contributed by atoms with E-state index in [1.807, 2.05) is 28.9 Å². The Kier molecular flexibility index (Phi) is 6.88. The highest BCUT2D eigenvalue weighted by atomic mass is 16.2. The van der Waals surface area contributed by atoms with E-state index in [0.717, 1.165) is 39.0 Å². The molecule has 7 nitrogen and oxygen atoms in total. The van der Waals surface area contributed by atoms with Crippen molar-refractivity contribution in [2.24, 2.45) is 0 Å². The number of hydrogen-bond donors (Lipinski definition) is 1. The number of rotatable bonds is 7. The summed E-state index contributed by atoms with van der Waals surface area (Å²) in [6.07, 6.45) is 6.98. The first-order valence-electron chi connectivity index (χ1n) is 8.28. The number of nitriles is 1. The Bertz CT molecular complexity index is 501. The van der Waals surface area contributed by atoms with E-state index in [4.69, 9.17) is 5.26 Å². The molecule has 1 fully saturated rings. The zero-order valence-electron chi connectivity index (χ0n) is 13.8. The van der Waals surface area contributed by atoms with Crippen LogP contribution in [-0.4, -0.2) is 64.9 Å². The molecule has 0 aliphatic carbocycles. The van der Waals surface area contributed by atoms with Crippen LogP contribution in [0, 0.1) is 11.3 Å². The number of unbranched alkanes of at least 4 members (excludes halogenated alkanes) is 1. The van der Waals surface area contributed by atoms with Crippen LogP contribution in [0.3, 0.4) is 0 Å². The van der Waals surface area contributed by atoms with Gasteiger partial charge in [0, 0.05) is 58.1 Å². The molecule has 0 atom stereocenters. The fourth-order valence-electron chi connectivity index (χ4n) is 2.86. The van der Waals surface area contributed by atoms with Crippen molar-refractivity contribution in [1.82, 2.24) is 24.9 Å². The molecule has 1 N–H and O–H groups in total. The second-order valence-corrected chi connectivity index (χ2v) is 5.95. The number of urea groups is 1. The smallest absolute Gasteiger partial charge is 0.317 e. The maximum atomic E-state index is 12.1. The Morgan fingerprint density at radius 3 is 2.87 bits per heavy atom. The van der Waals surface area contributed by atoms with Gasteiger partial charge >= 0.3 is 6.03 Å². The van der Waals surface area contributed by atoms with E-state index in [-0.39, 0.29) is 6.03 Å². The number of amides is 2. The number of likely N-dealkylation sites (tertiary alicyclic amines) is 1. The van der Waals surface area contributed by atoms with Gasteiger partial charge in [0.25, 0.3) is 0 Å². The summed E-state index contributed by atoms with van der Waals surface area (Å²) in [7, 11) is 1.86. The van der Waals surface area contributed by atoms with E-state index in [1.54, 1.807) is 6.20 Å². The van der Waals surface area contributed by atoms with Crippen LogP contribution in [0.5, 0.6) is 0 Å². The third-order valence-corrected chi connectivity index (χ3v) is 4.37. The average Bonchev–Trinajstić information content (AvgIpc) is 3.10. The standard InChI is InChI=1S/C16H26N6O/c1-20(16(23)18-8-3-2-7-17)15-5-11-21(12-6-15)13-14-22-10-4-9-19-22/h4,9-10,15H,2-3,5-6,8,11-14H2,1H3,(H,18,23). The van der Waals surface area contributed by atoms with Crippen LogP contribution in [-0.2, 0) is 6.54 Å². The third-order valence-electron chi connectivity index (χ3n) is 4.37. The average molecular weight is 318 g/mol. The quantitative estimate of drug-likeness (QED) is 0.769. The Morgan fingerprint density at radius 1 is 1.43 bits per heavy atom. The van der Waals surface area contributed by atoms with Crippen molar-refractivity contribution < 1.29 is 4.79 Å². The van der Waals surface area contributed by atoms with E-state index >= 15 is 0 Å². The lowest BCUT2D eigenvalue weighted by atomic mass is 10.0. The SMILES string of the molecule is CN(C(=O)NCCCC#N)C1CCN(CCn2cccn2)CC1. The molecule has 0 saturated carbocycles. The van der Waals surface area contributed by atoms with Crippen LogP contribution in [0.2, 0.25) is 0 Å². The van der Waals surface area contributed by atoms with Crippen molar-refractivity contribution >= 4 is 6.03 Å². The van der Waals surface area contributed by atoms with Crippen LogP contribution in [0.15, 0.2) is 18.5 Å². The van der Waals surface area contributed by atoms with Gasteiger partial charge in [0.05, 0.1) is 12.6 Å². The first-order chi connectivity index (χ1) is 11.2. The highest BCUT2D eigenvalue weighted by Gasteiger charge is 2.24. The summed E-state index contributed by atoms with van der Waals surface area (Å²) in [5, 5.41) is 15.6. The first kappa shape index (κ1) is 17.3. The molecule has 0 unspecified atom stereocenters. The molecule has 2 amide bonds. The summed E-state index contributed by atoms with van der Waals surface area (Å²) in [6.45, 7) is 4.50. The Balaban J connectivity index is 1.64. The first-order valence-corrected chi connectivity index (χ1v) is 8.28. The normalized spacial score (nSPS) is 16.0. The summed E-state index contributed by atoms with van der Waals surface area (Å²) in [4.78, 5) is 16.3. The van der Waals surface area contributed by atoms with Gasteiger partial charge < -0.3 is 15.1 Å². The molecule has 0 spiro atoms. The molecular weight excluding hydrogens is 292 g/mol. The van der Waals surface area contributed by atoms with Gasteiger partial charge in [-0.1, -0.05) is 0 Å². The molecule has 126 valence electrons. The molecule has 1 aliphatic rings. The molecule has 1 aromatic rings. The van der Waals surface area contributed by atoms with Gasteiger partial charge in [0.1, 0.15) is 0 Å². The van der Waals surface area contributed by atoms with Gasteiger partial charge in [-0.25, -0.2) is 4.79 Å². The molecule has 7 heteroatoms. The number of aromatic nitrogens is 2. The molecule has 2 rings (SSSR count). The molecule has 1 aliphatic heterocycles. The van der Waals surface area contributed by atoms with Gasteiger partial charge in [0.15, 0.2) is 0 Å². The van der Waals surface area contributed by atoms with Crippen LogP contribution in [0.1, 0.15) is 25.7 Å². The van der Waals surface area contributed by atoms with Crippen LogP contribution in [0.4, 0.5) is 4.79 Å². The predicted molar refractivity (Wildman–Crippen MR) is 87.7 cm³/mol. The molecule has 2 heterocycles. The van der Waals surface area contributed by atoms with Crippen molar-refractivity contribution in [2.45, 2.75) is 38.3 Å². The Labute approximate surface area is 137 Å². The minimum absolute atomic E-state index is 0.0297. The van der Waals surface area contributed by atoms with E-state index in [1.165, 1.54) is 0 Å². The van der Waals surface area contributed by atoms with Gasteiger partial charge in [-0.05, 0) is 25.3 Å². The highest BCUT2D eigenvalue weighted by Crippen LogP contribution is 2.15. The summed E-state index contributed by atoms with van der Waals surface area (Å²) in [5.41, 5.74) is 0.